The van der Waals surface area contributed by atoms with Crippen LogP contribution in [-0.2, 0) is 14.2 Å². The van der Waals surface area contributed by atoms with E-state index in [-0.39, 0.29) is 18.2 Å². The highest BCUT2D eigenvalue weighted by molar-refractivity contribution is 5.93. The third kappa shape index (κ3) is 4.57. The van der Waals surface area contributed by atoms with Crippen molar-refractivity contribution in [1.82, 2.24) is 14.9 Å². The van der Waals surface area contributed by atoms with Crippen molar-refractivity contribution in [3.8, 4) is 0 Å². The second-order valence-corrected chi connectivity index (χ2v) is 7.36. The van der Waals surface area contributed by atoms with E-state index >= 15 is 0 Å². The molecule has 0 aliphatic carbocycles. The summed E-state index contributed by atoms with van der Waals surface area (Å²) < 4.78 is 16.2. The molecule has 1 unspecified atom stereocenters. The zero-order chi connectivity index (χ0) is 19.6. The van der Waals surface area contributed by atoms with Crippen LogP contribution in [0.1, 0.15) is 50.0 Å². The van der Waals surface area contributed by atoms with Gasteiger partial charge in [0, 0.05) is 6.54 Å². The Bertz CT molecular complexity index is 839. The number of aromatic nitrogens is 2. The molecule has 146 valence electrons. The minimum Gasteiger partial charge on any atom is -0.462 e. The molecule has 8 nitrogen and oxygen atoms in total. The van der Waals surface area contributed by atoms with Crippen LogP contribution in [0.5, 0.6) is 0 Å². The number of benzene rings is 1. The molecule has 1 aromatic carbocycles. The Balaban J connectivity index is 1.76. The highest BCUT2D eigenvalue weighted by Gasteiger charge is 2.30. The fourth-order valence-electron chi connectivity index (χ4n) is 2.83. The smallest absolute Gasteiger partial charge is 0.410 e. The number of nitrogens with zero attached hydrogens (tertiary/aromatic N) is 2. The number of carbonyl (C=O) groups excluding carboxylic acids is 2. The first-order chi connectivity index (χ1) is 12.8. The molecule has 27 heavy (non-hydrogen) atoms. The molecule has 3 rings (SSSR count). The van der Waals surface area contributed by atoms with Crippen LogP contribution >= 0.6 is 0 Å². The minimum absolute atomic E-state index is 0.321. The van der Waals surface area contributed by atoms with Crippen LogP contribution in [0.25, 0.3) is 11.0 Å². The Morgan fingerprint density at radius 2 is 2.15 bits per heavy atom. The van der Waals surface area contributed by atoms with Crippen molar-refractivity contribution in [2.24, 2.45) is 0 Å². The summed E-state index contributed by atoms with van der Waals surface area (Å²) in [4.78, 5) is 33.5. The number of morpholine rings is 1. The van der Waals surface area contributed by atoms with Crippen LogP contribution in [-0.4, -0.2) is 58.8 Å². The summed E-state index contributed by atoms with van der Waals surface area (Å²) in [6.45, 7) is 8.81. The van der Waals surface area contributed by atoms with E-state index < -0.39 is 5.60 Å². The SMILES string of the molecule is CCOC(=O)c1ccc2nc(C3CN(C(=O)OC(C)(C)C)CCO3)[nH]c2c1. The quantitative estimate of drug-likeness (QED) is 0.829. The number of amides is 1. The summed E-state index contributed by atoms with van der Waals surface area (Å²) in [6.07, 6.45) is -0.749. The third-order valence-corrected chi connectivity index (χ3v) is 4.03. The van der Waals surface area contributed by atoms with Gasteiger partial charge >= 0.3 is 12.1 Å². The molecule has 1 saturated heterocycles. The lowest BCUT2D eigenvalue weighted by atomic mass is 10.2. The molecule has 0 bridgehead atoms. The molecule has 1 N–H and O–H groups in total. The molecule has 1 aliphatic rings. The van der Waals surface area contributed by atoms with Gasteiger partial charge in [0.15, 0.2) is 0 Å². The van der Waals surface area contributed by atoms with E-state index in [0.717, 1.165) is 5.52 Å². The third-order valence-electron chi connectivity index (χ3n) is 4.03. The molecule has 0 spiro atoms. The van der Waals surface area contributed by atoms with Gasteiger partial charge in [-0.1, -0.05) is 0 Å². The summed E-state index contributed by atoms with van der Waals surface area (Å²) in [7, 11) is 0. The number of rotatable bonds is 3. The minimum atomic E-state index is -0.548. The Kier molecular flexibility index (Phi) is 5.36. The van der Waals surface area contributed by atoms with E-state index in [0.29, 0.717) is 43.2 Å². The molecule has 2 aromatic rings. The second kappa shape index (κ2) is 7.56. The number of ether oxygens (including phenoxy) is 3. The van der Waals surface area contributed by atoms with E-state index in [1.165, 1.54) is 0 Å². The maximum absolute atomic E-state index is 12.3. The number of hydrogen-bond donors (Lipinski definition) is 1. The summed E-state index contributed by atoms with van der Waals surface area (Å²) in [5.41, 5.74) is 1.34. The number of H-pyrrole nitrogens is 1. The van der Waals surface area contributed by atoms with Gasteiger partial charge in [0.05, 0.1) is 36.4 Å². The number of nitrogens with one attached hydrogen (secondary N) is 1. The number of fused-ring (bicyclic) bond motifs is 1. The van der Waals surface area contributed by atoms with E-state index in [1.807, 2.05) is 20.8 Å². The highest BCUT2D eigenvalue weighted by Crippen LogP contribution is 2.24. The number of hydrogen-bond acceptors (Lipinski definition) is 6. The maximum Gasteiger partial charge on any atom is 0.410 e. The fraction of sp³-hybridized carbons (Fsp3) is 0.526. The number of aromatic amines is 1. The van der Waals surface area contributed by atoms with Crippen LogP contribution in [0.15, 0.2) is 18.2 Å². The Morgan fingerprint density at radius 1 is 1.37 bits per heavy atom. The van der Waals surface area contributed by atoms with Gasteiger partial charge in [0.25, 0.3) is 0 Å². The Labute approximate surface area is 157 Å². The Morgan fingerprint density at radius 3 is 2.85 bits per heavy atom. The van der Waals surface area contributed by atoms with E-state index in [4.69, 9.17) is 14.2 Å². The molecule has 1 aromatic heterocycles. The lowest BCUT2D eigenvalue weighted by Gasteiger charge is -2.33. The van der Waals surface area contributed by atoms with Gasteiger partial charge in [-0.3, -0.25) is 0 Å². The van der Waals surface area contributed by atoms with E-state index in [1.54, 1.807) is 30.0 Å². The largest absolute Gasteiger partial charge is 0.462 e. The van der Waals surface area contributed by atoms with Gasteiger partial charge in [-0.2, -0.15) is 0 Å². The molecular formula is C19H25N3O5. The van der Waals surface area contributed by atoms with Crippen molar-refractivity contribution in [3.05, 3.63) is 29.6 Å². The molecule has 1 amide bonds. The molecular weight excluding hydrogens is 350 g/mol. The topological polar surface area (TPSA) is 93.8 Å². The second-order valence-electron chi connectivity index (χ2n) is 7.36. The van der Waals surface area contributed by atoms with Crippen molar-refractivity contribution in [1.29, 1.82) is 0 Å². The zero-order valence-corrected chi connectivity index (χ0v) is 16.1. The first-order valence-corrected chi connectivity index (χ1v) is 9.03. The van der Waals surface area contributed by atoms with Crippen molar-refractivity contribution in [3.63, 3.8) is 0 Å². The molecule has 1 fully saturated rings. The normalized spacial score (nSPS) is 17.8. The number of imidazole rings is 1. The highest BCUT2D eigenvalue weighted by atomic mass is 16.6. The Hall–Kier alpha value is -2.61. The zero-order valence-electron chi connectivity index (χ0n) is 16.1. The number of esters is 1. The molecule has 0 radical (unpaired) electrons. The number of carbonyl (C=O) groups is 2. The summed E-state index contributed by atoms with van der Waals surface area (Å²) in [5, 5.41) is 0. The molecule has 1 atom stereocenters. The molecule has 8 heteroatoms. The standard InChI is InChI=1S/C19H25N3O5/c1-5-25-17(23)12-6-7-13-14(10-12)21-16(20-13)15-11-22(8-9-26-15)18(24)27-19(2,3)4/h6-7,10,15H,5,8-9,11H2,1-4H3,(H,20,21). The van der Waals surface area contributed by atoms with Crippen LogP contribution in [0, 0.1) is 0 Å². The predicted octanol–water partition coefficient (Wildman–Crippen LogP) is 3.05. The van der Waals surface area contributed by atoms with Crippen molar-refractivity contribution >= 4 is 23.1 Å². The first-order valence-electron chi connectivity index (χ1n) is 9.03. The lowest BCUT2D eigenvalue weighted by Crippen LogP contribution is -2.44. The van der Waals surface area contributed by atoms with Gasteiger partial charge in [0.2, 0.25) is 0 Å². The van der Waals surface area contributed by atoms with E-state index in [2.05, 4.69) is 9.97 Å². The van der Waals surface area contributed by atoms with Gasteiger partial charge in [-0.25, -0.2) is 14.6 Å². The van der Waals surface area contributed by atoms with Crippen molar-refractivity contribution < 1.29 is 23.8 Å². The van der Waals surface area contributed by atoms with Crippen molar-refractivity contribution in [2.75, 3.05) is 26.3 Å². The predicted molar refractivity (Wildman–Crippen MR) is 98.6 cm³/mol. The van der Waals surface area contributed by atoms with Crippen LogP contribution in [0.4, 0.5) is 4.79 Å². The summed E-state index contributed by atoms with van der Waals surface area (Å²) in [6, 6.07) is 5.15. The van der Waals surface area contributed by atoms with Crippen LogP contribution in [0.2, 0.25) is 0 Å². The van der Waals surface area contributed by atoms with Crippen LogP contribution < -0.4 is 0 Å². The first kappa shape index (κ1) is 19.2. The van der Waals surface area contributed by atoms with Gasteiger partial charge in [0.1, 0.15) is 17.5 Å². The molecule has 1 aliphatic heterocycles. The lowest BCUT2D eigenvalue weighted by molar-refractivity contribution is -0.0458. The monoisotopic (exact) mass is 375 g/mol. The average molecular weight is 375 g/mol. The summed E-state index contributed by atoms with van der Waals surface area (Å²) in [5.74, 6) is 0.236. The van der Waals surface area contributed by atoms with Gasteiger partial charge in [-0.15, -0.1) is 0 Å². The van der Waals surface area contributed by atoms with E-state index in [9.17, 15) is 9.59 Å². The fourth-order valence-corrected chi connectivity index (χ4v) is 2.83. The molecule has 2 heterocycles. The van der Waals surface area contributed by atoms with Crippen molar-refractivity contribution in [2.45, 2.75) is 39.4 Å². The maximum atomic E-state index is 12.3. The van der Waals surface area contributed by atoms with Crippen LogP contribution in [0.3, 0.4) is 0 Å². The average Bonchev–Trinajstić information content (AvgIpc) is 3.04. The molecule has 0 saturated carbocycles. The van der Waals surface area contributed by atoms with Gasteiger partial charge < -0.3 is 24.1 Å². The van der Waals surface area contributed by atoms with Gasteiger partial charge in [-0.05, 0) is 45.9 Å². The summed E-state index contributed by atoms with van der Waals surface area (Å²) >= 11 is 0.